The van der Waals surface area contributed by atoms with Crippen LogP contribution in [-0.2, 0) is 4.79 Å². The second-order valence-corrected chi connectivity index (χ2v) is 5.57. The molecule has 1 N–H and O–H groups in total. The summed E-state index contributed by atoms with van der Waals surface area (Å²) in [5, 5.41) is 5.38. The third kappa shape index (κ3) is 3.10. The van der Waals surface area contributed by atoms with Crippen LogP contribution in [0, 0.1) is 0 Å². The normalized spacial score (nSPS) is 16.8. The minimum Gasteiger partial charge on any atom is -0.273 e. The molecule has 2 rings (SSSR count). The van der Waals surface area contributed by atoms with Crippen molar-refractivity contribution >= 4 is 34.8 Å². The minimum atomic E-state index is -0.0582. The number of benzene rings is 1. The molecule has 1 aliphatic rings. The lowest BCUT2D eigenvalue weighted by molar-refractivity contribution is -0.121. The number of carbonyl (C=O) groups excluding carboxylic acids is 1. The van der Waals surface area contributed by atoms with E-state index in [2.05, 4.69) is 24.4 Å². The monoisotopic (exact) mass is 298 g/mol. The largest absolute Gasteiger partial charge is 0.273 e. The van der Waals surface area contributed by atoms with Crippen LogP contribution >= 0.6 is 23.2 Å². The van der Waals surface area contributed by atoms with Crippen LogP contribution in [0.1, 0.15) is 50.2 Å². The van der Waals surface area contributed by atoms with Crippen molar-refractivity contribution in [1.29, 1.82) is 0 Å². The minimum absolute atomic E-state index is 0.0582. The van der Waals surface area contributed by atoms with Crippen LogP contribution in [0.2, 0.25) is 10.0 Å². The molecule has 0 bridgehead atoms. The summed E-state index contributed by atoms with van der Waals surface area (Å²) < 4.78 is 0. The van der Waals surface area contributed by atoms with Crippen molar-refractivity contribution in [1.82, 2.24) is 5.43 Å². The Balaban J connectivity index is 2.37. The van der Waals surface area contributed by atoms with Gasteiger partial charge >= 0.3 is 0 Å². The summed E-state index contributed by atoms with van der Waals surface area (Å²) in [6.07, 6.45) is 2.04. The van der Waals surface area contributed by atoms with Crippen LogP contribution in [0.3, 0.4) is 0 Å². The molecule has 0 saturated carbocycles. The van der Waals surface area contributed by atoms with E-state index in [1.165, 1.54) is 0 Å². The highest BCUT2D eigenvalue weighted by Crippen LogP contribution is 2.34. The number of hydrogen-bond donors (Lipinski definition) is 1. The first-order chi connectivity index (χ1) is 9.02. The standard InChI is InChI=1S/C14H16Cl2N2O/c1-3-8(2)14-10(15)6-9(7-11(14)16)12-4-5-13(19)18-17-12/h6-8H,3-5H2,1-2H3,(H,18,19). The van der Waals surface area contributed by atoms with Crippen molar-refractivity contribution in [3.8, 4) is 0 Å². The molecule has 0 aromatic heterocycles. The maximum Gasteiger partial charge on any atom is 0.240 e. The van der Waals surface area contributed by atoms with Gasteiger partial charge in [-0.3, -0.25) is 4.79 Å². The molecule has 3 nitrogen and oxygen atoms in total. The van der Waals surface area contributed by atoms with Crippen LogP contribution in [-0.4, -0.2) is 11.6 Å². The Morgan fingerprint density at radius 2 is 1.95 bits per heavy atom. The molecule has 1 aromatic rings. The van der Waals surface area contributed by atoms with E-state index in [0.29, 0.717) is 28.8 Å². The van der Waals surface area contributed by atoms with Gasteiger partial charge in [0.15, 0.2) is 0 Å². The van der Waals surface area contributed by atoms with Crippen LogP contribution in [0.25, 0.3) is 0 Å². The summed E-state index contributed by atoms with van der Waals surface area (Å²) >= 11 is 12.7. The van der Waals surface area contributed by atoms with Gasteiger partial charge in [0, 0.05) is 28.5 Å². The molecule has 1 aromatic carbocycles. The van der Waals surface area contributed by atoms with E-state index in [0.717, 1.165) is 23.3 Å². The molecule has 0 saturated heterocycles. The zero-order valence-corrected chi connectivity index (χ0v) is 12.5. The van der Waals surface area contributed by atoms with Crippen molar-refractivity contribution < 1.29 is 4.79 Å². The van der Waals surface area contributed by atoms with Gasteiger partial charge in [-0.05, 0) is 30.0 Å². The third-order valence-electron chi connectivity index (χ3n) is 3.42. The van der Waals surface area contributed by atoms with Crippen molar-refractivity contribution in [2.24, 2.45) is 5.10 Å². The van der Waals surface area contributed by atoms with Crippen LogP contribution in [0.5, 0.6) is 0 Å². The van der Waals surface area contributed by atoms with Crippen molar-refractivity contribution in [2.45, 2.75) is 39.0 Å². The van der Waals surface area contributed by atoms with Gasteiger partial charge in [0.2, 0.25) is 5.91 Å². The third-order valence-corrected chi connectivity index (χ3v) is 4.05. The average molecular weight is 299 g/mol. The fourth-order valence-corrected chi connectivity index (χ4v) is 2.97. The maximum atomic E-state index is 11.1. The summed E-state index contributed by atoms with van der Waals surface area (Å²) in [6.45, 7) is 4.21. The Labute approximate surface area is 123 Å². The zero-order valence-electron chi connectivity index (χ0n) is 11.0. The molecule has 1 aliphatic heterocycles. The molecule has 102 valence electrons. The fourth-order valence-electron chi connectivity index (χ4n) is 2.11. The molecular formula is C14H16Cl2N2O. The van der Waals surface area contributed by atoms with Crippen LogP contribution < -0.4 is 5.43 Å². The number of nitrogens with zero attached hydrogens (tertiary/aromatic N) is 1. The summed E-state index contributed by atoms with van der Waals surface area (Å²) in [6, 6.07) is 3.76. The van der Waals surface area contributed by atoms with Gasteiger partial charge < -0.3 is 0 Å². The van der Waals surface area contributed by atoms with Crippen LogP contribution in [0.15, 0.2) is 17.2 Å². The summed E-state index contributed by atoms with van der Waals surface area (Å²) in [7, 11) is 0. The predicted octanol–water partition coefficient (Wildman–Crippen LogP) is 4.12. The van der Waals surface area contributed by atoms with Gasteiger partial charge in [0.05, 0.1) is 5.71 Å². The van der Waals surface area contributed by atoms with E-state index in [4.69, 9.17) is 23.2 Å². The molecular weight excluding hydrogens is 283 g/mol. The SMILES string of the molecule is CCC(C)c1c(Cl)cc(C2=NNC(=O)CC2)cc1Cl. The topological polar surface area (TPSA) is 41.5 Å². The first-order valence-electron chi connectivity index (χ1n) is 6.37. The average Bonchev–Trinajstić information content (AvgIpc) is 2.38. The van der Waals surface area contributed by atoms with E-state index >= 15 is 0 Å². The molecule has 0 aliphatic carbocycles. The lowest BCUT2D eigenvalue weighted by atomic mass is 9.95. The molecule has 0 spiro atoms. The van der Waals surface area contributed by atoms with E-state index in [1.54, 1.807) is 0 Å². The number of rotatable bonds is 3. The predicted molar refractivity (Wildman–Crippen MR) is 79.1 cm³/mol. The summed E-state index contributed by atoms with van der Waals surface area (Å²) in [5.74, 6) is 0.263. The summed E-state index contributed by atoms with van der Waals surface area (Å²) in [5.41, 5.74) is 5.16. The number of hydrogen-bond acceptors (Lipinski definition) is 2. The van der Waals surface area contributed by atoms with Crippen LogP contribution in [0.4, 0.5) is 0 Å². The Morgan fingerprint density at radius 3 is 2.42 bits per heavy atom. The second-order valence-electron chi connectivity index (χ2n) is 4.76. The smallest absolute Gasteiger partial charge is 0.240 e. The van der Waals surface area contributed by atoms with E-state index in [1.807, 2.05) is 12.1 Å². The number of nitrogens with one attached hydrogen (secondary N) is 1. The molecule has 19 heavy (non-hydrogen) atoms. The first kappa shape index (κ1) is 14.4. The van der Waals surface area contributed by atoms with E-state index < -0.39 is 0 Å². The highest BCUT2D eigenvalue weighted by molar-refractivity contribution is 6.36. The lowest BCUT2D eigenvalue weighted by Gasteiger charge is -2.17. The van der Waals surface area contributed by atoms with Gasteiger partial charge in [-0.15, -0.1) is 0 Å². The van der Waals surface area contributed by atoms with Gasteiger partial charge in [-0.2, -0.15) is 5.10 Å². The molecule has 0 radical (unpaired) electrons. The van der Waals surface area contributed by atoms with E-state index in [9.17, 15) is 4.79 Å². The Kier molecular flexibility index (Phi) is 4.48. The van der Waals surface area contributed by atoms with Crippen molar-refractivity contribution in [3.05, 3.63) is 33.3 Å². The Hall–Kier alpha value is -1.06. The highest BCUT2D eigenvalue weighted by Gasteiger charge is 2.18. The number of hydrazone groups is 1. The summed E-state index contributed by atoms with van der Waals surface area (Å²) in [4.78, 5) is 11.1. The Bertz CT molecular complexity index is 517. The molecule has 1 unspecified atom stereocenters. The molecule has 0 fully saturated rings. The molecule has 1 amide bonds. The van der Waals surface area contributed by atoms with E-state index in [-0.39, 0.29) is 5.91 Å². The van der Waals surface area contributed by atoms with Gasteiger partial charge in [-0.25, -0.2) is 5.43 Å². The maximum absolute atomic E-state index is 11.1. The zero-order chi connectivity index (χ0) is 14.0. The first-order valence-corrected chi connectivity index (χ1v) is 7.13. The molecule has 5 heteroatoms. The number of carbonyl (C=O) groups is 1. The van der Waals surface area contributed by atoms with Gasteiger partial charge in [0.25, 0.3) is 0 Å². The number of amides is 1. The molecule has 1 heterocycles. The lowest BCUT2D eigenvalue weighted by Crippen LogP contribution is -2.25. The molecule has 1 atom stereocenters. The quantitative estimate of drug-likeness (QED) is 0.896. The highest BCUT2D eigenvalue weighted by atomic mass is 35.5. The number of halogens is 2. The Morgan fingerprint density at radius 1 is 1.32 bits per heavy atom. The van der Waals surface area contributed by atoms with Crippen molar-refractivity contribution in [3.63, 3.8) is 0 Å². The van der Waals surface area contributed by atoms with Gasteiger partial charge in [0.1, 0.15) is 0 Å². The second kappa shape index (κ2) is 5.93. The van der Waals surface area contributed by atoms with Crippen molar-refractivity contribution in [2.75, 3.05) is 0 Å². The fraction of sp³-hybridized carbons (Fsp3) is 0.429. The van der Waals surface area contributed by atoms with Gasteiger partial charge in [-0.1, -0.05) is 37.0 Å².